The van der Waals surface area contributed by atoms with Crippen molar-refractivity contribution in [2.24, 2.45) is 5.73 Å². The molecule has 0 aliphatic rings. The summed E-state index contributed by atoms with van der Waals surface area (Å²) >= 11 is 2.77. The van der Waals surface area contributed by atoms with E-state index in [2.05, 4.69) is 20.9 Å². The summed E-state index contributed by atoms with van der Waals surface area (Å²) in [5.74, 6) is 0. The highest BCUT2D eigenvalue weighted by Gasteiger charge is 2.34. The van der Waals surface area contributed by atoms with E-state index in [1.54, 1.807) is 0 Å². The molecule has 1 aromatic rings. The fourth-order valence-electron chi connectivity index (χ4n) is 1.09. The van der Waals surface area contributed by atoms with Crippen LogP contribution >= 0.6 is 15.9 Å². The molecule has 0 spiro atoms. The maximum atomic E-state index is 12.5. The van der Waals surface area contributed by atoms with E-state index in [1.165, 1.54) is 0 Å². The minimum absolute atomic E-state index is 0.118. The molecule has 1 heterocycles. The number of hydrogen-bond acceptors (Lipinski definition) is 2. The predicted molar refractivity (Wildman–Crippen MR) is 49.8 cm³/mol. The Morgan fingerprint density at radius 3 is 2.31 bits per heavy atom. The largest absolute Gasteiger partial charge is 0.433 e. The Balaban J connectivity index is 3.40. The normalized spacial score (nSPS) is 12.2. The number of hydrogen-bond donors (Lipinski definition) is 1. The topological polar surface area (TPSA) is 38.9 Å². The van der Waals surface area contributed by atoms with Gasteiger partial charge in [-0.15, -0.1) is 0 Å². The predicted octanol–water partition coefficient (Wildman–Crippen LogP) is 3.26. The van der Waals surface area contributed by atoms with Crippen molar-refractivity contribution in [3.05, 3.63) is 27.5 Å². The Morgan fingerprint density at radius 1 is 1.38 bits per heavy atom. The van der Waals surface area contributed by atoms with Crippen molar-refractivity contribution in [1.29, 1.82) is 0 Å². The quantitative estimate of drug-likeness (QED) is 0.852. The second-order valence-electron chi connectivity index (χ2n) is 2.86. The zero-order valence-corrected chi connectivity index (χ0v) is 9.24. The second-order valence-corrected chi connectivity index (χ2v) is 3.71. The molecular formula is C8H6BrF5N2. The van der Waals surface area contributed by atoms with E-state index in [0.29, 0.717) is 6.07 Å². The Hall–Kier alpha value is -0.760. The molecule has 0 bridgehead atoms. The van der Waals surface area contributed by atoms with Crippen LogP contribution in [0, 0.1) is 0 Å². The number of halogens is 6. The van der Waals surface area contributed by atoms with Crippen molar-refractivity contribution in [2.45, 2.75) is 19.1 Å². The van der Waals surface area contributed by atoms with Gasteiger partial charge in [0.1, 0.15) is 11.4 Å². The van der Waals surface area contributed by atoms with Crippen molar-refractivity contribution in [1.82, 2.24) is 4.98 Å². The molecule has 0 radical (unpaired) electrons. The lowest BCUT2D eigenvalue weighted by atomic mass is 10.1. The second kappa shape index (κ2) is 4.62. The van der Waals surface area contributed by atoms with Crippen LogP contribution in [0.15, 0.2) is 10.5 Å². The molecule has 0 saturated carbocycles. The molecule has 1 aromatic heterocycles. The summed E-state index contributed by atoms with van der Waals surface area (Å²) in [6, 6.07) is 0.633. The molecular weight excluding hydrogens is 299 g/mol. The maximum absolute atomic E-state index is 12.5. The molecule has 0 unspecified atom stereocenters. The lowest BCUT2D eigenvalue weighted by Crippen LogP contribution is -2.13. The summed E-state index contributed by atoms with van der Waals surface area (Å²) in [5, 5.41) is 0. The van der Waals surface area contributed by atoms with Crippen molar-refractivity contribution in [3.8, 4) is 0 Å². The molecule has 0 fully saturated rings. The van der Waals surface area contributed by atoms with Gasteiger partial charge in [0, 0.05) is 16.6 Å². The van der Waals surface area contributed by atoms with E-state index in [1.807, 2.05) is 0 Å². The first-order valence-corrected chi connectivity index (χ1v) is 4.81. The van der Waals surface area contributed by atoms with Crippen LogP contribution in [0.2, 0.25) is 0 Å². The fraction of sp³-hybridized carbons (Fsp3) is 0.375. The molecule has 2 nitrogen and oxygen atoms in total. The number of rotatable bonds is 2. The van der Waals surface area contributed by atoms with Crippen molar-refractivity contribution in [3.63, 3.8) is 0 Å². The highest BCUT2D eigenvalue weighted by molar-refractivity contribution is 9.10. The van der Waals surface area contributed by atoms with Crippen LogP contribution in [0.25, 0.3) is 0 Å². The molecule has 16 heavy (non-hydrogen) atoms. The van der Waals surface area contributed by atoms with Gasteiger partial charge in [-0.25, -0.2) is 13.8 Å². The fourth-order valence-corrected chi connectivity index (χ4v) is 1.67. The highest BCUT2D eigenvalue weighted by Crippen LogP contribution is 2.34. The molecule has 0 aliphatic carbocycles. The van der Waals surface area contributed by atoms with Gasteiger partial charge in [0.05, 0.1) is 0 Å². The van der Waals surface area contributed by atoms with E-state index < -0.39 is 24.0 Å². The Kier molecular flexibility index (Phi) is 3.84. The van der Waals surface area contributed by atoms with Crippen molar-refractivity contribution < 1.29 is 22.0 Å². The van der Waals surface area contributed by atoms with Gasteiger partial charge in [0.15, 0.2) is 0 Å². The number of alkyl halides is 5. The summed E-state index contributed by atoms with van der Waals surface area (Å²) in [6.45, 7) is -0.314. The standard InChI is InChI=1S/C8H6BrF5N2/c9-4-1-5(8(12,13)14)16-6(7(10)11)3(4)2-15/h1,7H,2,15H2. The summed E-state index contributed by atoms with van der Waals surface area (Å²) in [5.41, 5.74) is 2.73. The zero-order valence-electron chi connectivity index (χ0n) is 7.65. The molecule has 0 saturated heterocycles. The SMILES string of the molecule is NCc1c(Br)cc(C(F)(F)F)nc1C(F)F. The smallest absolute Gasteiger partial charge is 0.326 e. The Labute approximate surface area is 95.8 Å². The van der Waals surface area contributed by atoms with E-state index in [9.17, 15) is 22.0 Å². The van der Waals surface area contributed by atoms with Gasteiger partial charge >= 0.3 is 6.18 Å². The first kappa shape index (κ1) is 13.3. The van der Waals surface area contributed by atoms with Crippen LogP contribution in [0.5, 0.6) is 0 Å². The lowest BCUT2D eigenvalue weighted by molar-refractivity contribution is -0.141. The van der Waals surface area contributed by atoms with Gasteiger partial charge < -0.3 is 5.73 Å². The molecule has 0 atom stereocenters. The Morgan fingerprint density at radius 2 is 1.94 bits per heavy atom. The van der Waals surface area contributed by atoms with Crippen LogP contribution in [-0.4, -0.2) is 4.98 Å². The van der Waals surface area contributed by atoms with Crippen LogP contribution in [-0.2, 0) is 12.7 Å². The summed E-state index contributed by atoms with van der Waals surface area (Å²) < 4.78 is 61.7. The van der Waals surface area contributed by atoms with Crippen LogP contribution in [0.1, 0.15) is 23.4 Å². The van der Waals surface area contributed by atoms with Gasteiger partial charge in [-0.1, -0.05) is 15.9 Å². The molecule has 0 aliphatic heterocycles. The van der Waals surface area contributed by atoms with E-state index >= 15 is 0 Å². The van der Waals surface area contributed by atoms with Crippen LogP contribution in [0.4, 0.5) is 22.0 Å². The minimum atomic E-state index is -4.76. The average Bonchev–Trinajstić information content (AvgIpc) is 2.14. The van der Waals surface area contributed by atoms with Gasteiger partial charge in [-0.3, -0.25) is 0 Å². The molecule has 1 rings (SSSR count). The van der Waals surface area contributed by atoms with Crippen LogP contribution in [0.3, 0.4) is 0 Å². The molecule has 8 heteroatoms. The number of nitrogens with zero attached hydrogens (tertiary/aromatic N) is 1. The minimum Gasteiger partial charge on any atom is -0.326 e. The van der Waals surface area contributed by atoms with Gasteiger partial charge in [-0.2, -0.15) is 13.2 Å². The number of nitrogens with two attached hydrogens (primary N) is 1. The van der Waals surface area contributed by atoms with E-state index in [0.717, 1.165) is 0 Å². The maximum Gasteiger partial charge on any atom is 0.433 e. The molecule has 0 amide bonds. The lowest BCUT2D eigenvalue weighted by Gasteiger charge is -2.12. The third-order valence-corrected chi connectivity index (χ3v) is 2.51. The van der Waals surface area contributed by atoms with E-state index in [4.69, 9.17) is 5.73 Å². The summed E-state index contributed by atoms with van der Waals surface area (Å²) in [4.78, 5) is 2.89. The molecule has 90 valence electrons. The van der Waals surface area contributed by atoms with Gasteiger partial charge in [0.25, 0.3) is 6.43 Å². The molecule has 2 N–H and O–H groups in total. The average molecular weight is 305 g/mol. The monoisotopic (exact) mass is 304 g/mol. The van der Waals surface area contributed by atoms with Crippen molar-refractivity contribution in [2.75, 3.05) is 0 Å². The number of aromatic nitrogens is 1. The number of pyridine rings is 1. The highest BCUT2D eigenvalue weighted by atomic mass is 79.9. The third kappa shape index (κ3) is 2.67. The third-order valence-electron chi connectivity index (χ3n) is 1.80. The summed E-state index contributed by atoms with van der Waals surface area (Å²) in [7, 11) is 0. The van der Waals surface area contributed by atoms with Gasteiger partial charge in [-0.05, 0) is 6.07 Å². The summed E-state index contributed by atoms with van der Waals surface area (Å²) in [6.07, 6.45) is -7.86. The van der Waals surface area contributed by atoms with E-state index in [-0.39, 0.29) is 16.6 Å². The first-order valence-electron chi connectivity index (χ1n) is 4.02. The zero-order chi connectivity index (χ0) is 12.5. The van der Waals surface area contributed by atoms with Gasteiger partial charge in [0.2, 0.25) is 0 Å². The van der Waals surface area contributed by atoms with Crippen molar-refractivity contribution >= 4 is 15.9 Å². The Bertz CT molecular complexity index is 391. The first-order chi connectivity index (χ1) is 7.27. The molecule has 0 aromatic carbocycles. The van der Waals surface area contributed by atoms with Crippen LogP contribution < -0.4 is 5.73 Å².